The molecule has 4 nitrogen and oxygen atoms in total. The molecule has 0 spiro atoms. The fraction of sp³-hybridized carbons (Fsp3) is 0.0588. The minimum Gasteiger partial charge on any atom is -0.355 e. The van der Waals surface area contributed by atoms with Crippen LogP contribution < -0.4 is 10.6 Å². The molecule has 0 radical (unpaired) electrons. The van der Waals surface area contributed by atoms with Crippen LogP contribution in [0.25, 0.3) is 6.08 Å². The quantitative estimate of drug-likeness (QED) is 0.800. The molecule has 0 aliphatic rings. The van der Waals surface area contributed by atoms with Gasteiger partial charge in [0.25, 0.3) is 5.91 Å². The van der Waals surface area contributed by atoms with Crippen molar-refractivity contribution in [1.82, 2.24) is 5.32 Å². The Balaban J connectivity index is 2.02. The van der Waals surface area contributed by atoms with Gasteiger partial charge < -0.3 is 10.6 Å². The lowest BCUT2D eigenvalue weighted by Crippen LogP contribution is -2.17. The second kappa shape index (κ2) is 7.69. The summed E-state index contributed by atoms with van der Waals surface area (Å²) < 4.78 is 13.5. The van der Waals surface area contributed by atoms with E-state index in [2.05, 4.69) is 26.6 Å². The van der Waals surface area contributed by atoms with Gasteiger partial charge in [0.1, 0.15) is 5.82 Å². The van der Waals surface area contributed by atoms with Crippen LogP contribution in [0.3, 0.4) is 0 Å². The summed E-state index contributed by atoms with van der Waals surface area (Å²) in [6.45, 7) is 0. The summed E-state index contributed by atoms with van der Waals surface area (Å²) in [6, 6.07) is 10.8. The molecule has 0 saturated carbocycles. The Bertz CT molecular complexity index is 758. The third-order valence-electron chi connectivity index (χ3n) is 3.02. The first-order valence-corrected chi connectivity index (χ1v) is 7.55. The van der Waals surface area contributed by atoms with Crippen LogP contribution in [0.4, 0.5) is 10.1 Å². The van der Waals surface area contributed by atoms with E-state index in [4.69, 9.17) is 0 Å². The molecule has 118 valence electrons. The third-order valence-corrected chi connectivity index (χ3v) is 3.67. The van der Waals surface area contributed by atoms with Gasteiger partial charge in [0.05, 0.1) is 5.69 Å². The first-order chi connectivity index (χ1) is 11.0. The second-order valence-electron chi connectivity index (χ2n) is 4.65. The summed E-state index contributed by atoms with van der Waals surface area (Å²) in [5.41, 5.74) is 1.81. The van der Waals surface area contributed by atoms with Crippen LogP contribution >= 0.6 is 15.9 Å². The number of carbonyl (C=O) groups is 2. The van der Waals surface area contributed by atoms with Crippen LogP contribution in [0, 0.1) is 5.82 Å². The van der Waals surface area contributed by atoms with Gasteiger partial charge in [-0.05, 0) is 57.9 Å². The van der Waals surface area contributed by atoms with Crippen LogP contribution in [0.1, 0.15) is 15.9 Å². The molecule has 0 heterocycles. The van der Waals surface area contributed by atoms with E-state index in [-0.39, 0.29) is 17.6 Å². The summed E-state index contributed by atoms with van der Waals surface area (Å²) in [6.07, 6.45) is 2.99. The van der Waals surface area contributed by atoms with Crippen molar-refractivity contribution in [2.45, 2.75) is 0 Å². The van der Waals surface area contributed by atoms with Gasteiger partial charge in [-0.1, -0.05) is 12.1 Å². The molecule has 0 aliphatic heterocycles. The number of halogens is 2. The van der Waals surface area contributed by atoms with Crippen LogP contribution in [0.15, 0.2) is 53.0 Å². The van der Waals surface area contributed by atoms with E-state index >= 15 is 0 Å². The number of rotatable bonds is 4. The Morgan fingerprint density at radius 2 is 1.83 bits per heavy atom. The molecule has 0 bridgehead atoms. The molecule has 2 aromatic rings. The van der Waals surface area contributed by atoms with E-state index in [1.165, 1.54) is 24.3 Å². The maximum atomic E-state index is 13.0. The first kappa shape index (κ1) is 16.9. The molecule has 0 unspecified atom stereocenters. The van der Waals surface area contributed by atoms with E-state index in [0.29, 0.717) is 15.7 Å². The molecule has 2 rings (SSSR count). The number of hydrogen-bond acceptors (Lipinski definition) is 2. The number of nitrogens with one attached hydrogen (secondary N) is 2. The van der Waals surface area contributed by atoms with Gasteiger partial charge in [-0.25, -0.2) is 4.39 Å². The molecular weight excluding hydrogens is 363 g/mol. The highest BCUT2D eigenvalue weighted by atomic mass is 79.9. The molecule has 0 saturated heterocycles. The van der Waals surface area contributed by atoms with E-state index in [1.54, 1.807) is 37.4 Å². The summed E-state index contributed by atoms with van der Waals surface area (Å²) in [5.74, 6) is -0.895. The van der Waals surface area contributed by atoms with Crippen LogP contribution in [0.5, 0.6) is 0 Å². The Morgan fingerprint density at radius 1 is 1.13 bits per heavy atom. The minimum absolute atomic E-state index is 0.167. The zero-order chi connectivity index (χ0) is 16.8. The lowest BCUT2D eigenvalue weighted by molar-refractivity contribution is -0.111. The normalized spacial score (nSPS) is 10.6. The molecule has 0 aliphatic carbocycles. The summed E-state index contributed by atoms with van der Waals surface area (Å²) >= 11 is 3.18. The Hall–Kier alpha value is -2.47. The molecule has 23 heavy (non-hydrogen) atoms. The molecule has 0 atom stereocenters. The van der Waals surface area contributed by atoms with Gasteiger partial charge >= 0.3 is 0 Å². The molecule has 6 heteroatoms. The smallest absolute Gasteiger partial charge is 0.251 e. The highest BCUT2D eigenvalue weighted by Gasteiger charge is 2.04. The number of carbonyl (C=O) groups excluding carboxylic acids is 2. The topological polar surface area (TPSA) is 58.2 Å². The van der Waals surface area contributed by atoms with Crippen molar-refractivity contribution < 1.29 is 14.0 Å². The third kappa shape index (κ3) is 4.75. The van der Waals surface area contributed by atoms with Crippen LogP contribution in [0.2, 0.25) is 0 Å². The summed E-state index contributed by atoms with van der Waals surface area (Å²) in [4.78, 5) is 23.3. The molecule has 2 amide bonds. The molecule has 2 aromatic carbocycles. The van der Waals surface area contributed by atoms with Gasteiger partial charge in [-0.3, -0.25) is 9.59 Å². The number of anilines is 1. The molecule has 2 N–H and O–H groups in total. The fourth-order valence-corrected chi connectivity index (χ4v) is 2.28. The maximum absolute atomic E-state index is 13.0. The van der Waals surface area contributed by atoms with Gasteiger partial charge in [-0.15, -0.1) is 0 Å². The lowest BCUT2D eigenvalue weighted by Gasteiger charge is -2.05. The van der Waals surface area contributed by atoms with Crippen molar-refractivity contribution in [2.75, 3.05) is 12.4 Å². The standard InChI is InChI=1S/C17H14BrFN2O2/c1-20-17(23)12-5-2-11(3-6-12)4-9-16(22)21-15-8-7-13(19)10-14(15)18/h2-10H,1H3,(H,20,23)(H,21,22). The highest BCUT2D eigenvalue weighted by molar-refractivity contribution is 9.10. The summed E-state index contributed by atoms with van der Waals surface area (Å²) in [7, 11) is 1.56. The van der Waals surface area contributed by atoms with Crippen molar-refractivity contribution in [2.24, 2.45) is 0 Å². The Kier molecular flexibility index (Phi) is 5.65. The zero-order valence-corrected chi connectivity index (χ0v) is 13.9. The van der Waals surface area contributed by atoms with Gasteiger partial charge in [0, 0.05) is 23.2 Å². The minimum atomic E-state index is -0.387. The van der Waals surface area contributed by atoms with E-state index in [1.807, 2.05) is 0 Å². The van der Waals surface area contributed by atoms with Crippen molar-refractivity contribution in [3.63, 3.8) is 0 Å². The van der Waals surface area contributed by atoms with Crippen molar-refractivity contribution in [3.05, 3.63) is 70.0 Å². The molecular formula is C17H14BrFN2O2. The van der Waals surface area contributed by atoms with Crippen molar-refractivity contribution in [3.8, 4) is 0 Å². The molecule has 0 aromatic heterocycles. The van der Waals surface area contributed by atoms with Gasteiger partial charge in [0.15, 0.2) is 0 Å². The monoisotopic (exact) mass is 376 g/mol. The lowest BCUT2D eigenvalue weighted by atomic mass is 10.1. The number of hydrogen-bond donors (Lipinski definition) is 2. The predicted molar refractivity (Wildman–Crippen MR) is 91.6 cm³/mol. The Labute approximate surface area is 141 Å². The number of amides is 2. The van der Waals surface area contributed by atoms with E-state index in [0.717, 1.165) is 5.56 Å². The SMILES string of the molecule is CNC(=O)c1ccc(C=CC(=O)Nc2ccc(F)cc2Br)cc1. The first-order valence-electron chi connectivity index (χ1n) is 6.76. The average molecular weight is 377 g/mol. The van der Waals surface area contributed by atoms with Gasteiger partial charge in [-0.2, -0.15) is 0 Å². The van der Waals surface area contributed by atoms with Gasteiger partial charge in [0.2, 0.25) is 5.91 Å². The highest BCUT2D eigenvalue weighted by Crippen LogP contribution is 2.23. The maximum Gasteiger partial charge on any atom is 0.251 e. The molecule has 0 fully saturated rings. The largest absolute Gasteiger partial charge is 0.355 e. The van der Waals surface area contributed by atoms with E-state index < -0.39 is 0 Å². The van der Waals surface area contributed by atoms with Crippen LogP contribution in [-0.2, 0) is 4.79 Å². The fourth-order valence-electron chi connectivity index (χ4n) is 1.83. The Morgan fingerprint density at radius 3 is 2.43 bits per heavy atom. The number of benzene rings is 2. The van der Waals surface area contributed by atoms with Crippen molar-refractivity contribution in [1.29, 1.82) is 0 Å². The average Bonchev–Trinajstić information content (AvgIpc) is 2.55. The van der Waals surface area contributed by atoms with E-state index in [9.17, 15) is 14.0 Å². The second-order valence-corrected chi connectivity index (χ2v) is 5.50. The van der Waals surface area contributed by atoms with Crippen LogP contribution in [-0.4, -0.2) is 18.9 Å². The zero-order valence-electron chi connectivity index (χ0n) is 12.3. The van der Waals surface area contributed by atoms with Crippen molar-refractivity contribution >= 4 is 39.5 Å². The predicted octanol–water partition coefficient (Wildman–Crippen LogP) is 3.60. The summed E-state index contributed by atoms with van der Waals surface area (Å²) in [5, 5.41) is 5.18.